The summed E-state index contributed by atoms with van der Waals surface area (Å²) in [6, 6.07) is 5.62. The Hall–Kier alpha value is -2.83. The molecule has 2 heterocycles. The van der Waals surface area contributed by atoms with E-state index < -0.39 is 0 Å². The standard InChI is InChI=1S/C15H17N5O2/c1-16-14(21)9-20-8-12(7-18-20)19-15(22)11-2-3-13-10(6-11)4-5-17-13/h2-3,6-8,17H,4-5,9H2,1H3,(H,16,21)(H,19,22). The van der Waals surface area contributed by atoms with E-state index in [2.05, 4.69) is 21.0 Å². The Kier molecular flexibility index (Phi) is 3.78. The highest BCUT2D eigenvalue weighted by molar-refractivity contribution is 6.04. The number of fused-ring (bicyclic) bond motifs is 1. The van der Waals surface area contributed by atoms with Gasteiger partial charge in [-0.15, -0.1) is 0 Å². The van der Waals surface area contributed by atoms with Gasteiger partial charge in [-0.2, -0.15) is 5.10 Å². The van der Waals surface area contributed by atoms with Crippen molar-refractivity contribution < 1.29 is 9.59 Å². The zero-order valence-corrected chi connectivity index (χ0v) is 12.2. The average molecular weight is 299 g/mol. The highest BCUT2D eigenvalue weighted by Gasteiger charge is 2.14. The quantitative estimate of drug-likeness (QED) is 0.781. The highest BCUT2D eigenvalue weighted by atomic mass is 16.2. The summed E-state index contributed by atoms with van der Waals surface area (Å²) in [5.74, 6) is -0.332. The molecule has 0 saturated carbocycles. The molecule has 3 rings (SSSR count). The Morgan fingerprint density at radius 2 is 2.27 bits per heavy atom. The van der Waals surface area contributed by atoms with Gasteiger partial charge in [-0.3, -0.25) is 14.3 Å². The number of hydrogen-bond acceptors (Lipinski definition) is 4. The molecule has 0 atom stereocenters. The van der Waals surface area contributed by atoms with Crippen LogP contribution in [0.1, 0.15) is 15.9 Å². The van der Waals surface area contributed by atoms with Crippen molar-refractivity contribution in [3.05, 3.63) is 41.7 Å². The normalized spacial score (nSPS) is 12.4. The third-order valence-electron chi connectivity index (χ3n) is 3.55. The molecule has 0 aliphatic carbocycles. The Morgan fingerprint density at radius 3 is 3.09 bits per heavy atom. The molecule has 1 aliphatic rings. The van der Waals surface area contributed by atoms with Crippen LogP contribution in [0.25, 0.3) is 0 Å². The molecule has 2 aromatic rings. The first kappa shape index (κ1) is 14.1. The molecule has 0 spiro atoms. The third kappa shape index (κ3) is 2.93. The number of nitrogens with zero attached hydrogens (tertiary/aromatic N) is 2. The molecule has 114 valence electrons. The number of anilines is 2. The molecule has 7 heteroatoms. The van der Waals surface area contributed by atoms with Crippen molar-refractivity contribution >= 4 is 23.2 Å². The molecular formula is C15H17N5O2. The SMILES string of the molecule is CNC(=O)Cn1cc(NC(=O)c2ccc3c(c2)CCN3)cn1. The van der Waals surface area contributed by atoms with Crippen LogP contribution in [-0.2, 0) is 17.8 Å². The molecule has 0 unspecified atom stereocenters. The first-order valence-corrected chi connectivity index (χ1v) is 7.07. The smallest absolute Gasteiger partial charge is 0.255 e. The summed E-state index contributed by atoms with van der Waals surface area (Å²) in [5, 5.41) is 12.6. The van der Waals surface area contributed by atoms with E-state index in [-0.39, 0.29) is 18.4 Å². The average Bonchev–Trinajstić information content (AvgIpc) is 3.15. The molecule has 0 radical (unpaired) electrons. The van der Waals surface area contributed by atoms with Gasteiger partial charge in [-0.25, -0.2) is 0 Å². The van der Waals surface area contributed by atoms with Gasteiger partial charge in [0.05, 0.1) is 11.9 Å². The van der Waals surface area contributed by atoms with Crippen LogP contribution in [0.15, 0.2) is 30.6 Å². The fourth-order valence-corrected chi connectivity index (χ4v) is 2.39. The first-order valence-electron chi connectivity index (χ1n) is 7.07. The number of rotatable bonds is 4. The molecule has 22 heavy (non-hydrogen) atoms. The number of amides is 2. The number of carbonyl (C=O) groups excluding carboxylic acids is 2. The van der Waals surface area contributed by atoms with Crippen molar-refractivity contribution in [3.63, 3.8) is 0 Å². The molecular weight excluding hydrogens is 282 g/mol. The molecule has 0 saturated heterocycles. The van der Waals surface area contributed by atoms with E-state index in [0.717, 1.165) is 24.2 Å². The summed E-state index contributed by atoms with van der Waals surface area (Å²) in [7, 11) is 1.57. The van der Waals surface area contributed by atoms with Crippen LogP contribution in [-0.4, -0.2) is 35.2 Å². The van der Waals surface area contributed by atoms with Crippen molar-refractivity contribution in [2.24, 2.45) is 0 Å². The maximum Gasteiger partial charge on any atom is 0.255 e. The maximum atomic E-state index is 12.3. The van der Waals surface area contributed by atoms with Crippen LogP contribution in [0.5, 0.6) is 0 Å². The number of likely N-dealkylation sites (N-methyl/N-ethyl adjacent to an activating group) is 1. The third-order valence-corrected chi connectivity index (χ3v) is 3.55. The van der Waals surface area contributed by atoms with Crippen LogP contribution in [0.3, 0.4) is 0 Å². The van der Waals surface area contributed by atoms with Gasteiger partial charge >= 0.3 is 0 Å². The fraction of sp³-hybridized carbons (Fsp3) is 0.267. The predicted molar refractivity (Wildman–Crippen MR) is 82.9 cm³/mol. The van der Waals surface area contributed by atoms with Gasteiger partial charge in [-0.05, 0) is 30.2 Å². The second-order valence-electron chi connectivity index (χ2n) is 5.10. The van der Waals surface area contributed by atoms with E-state index >= 15 is 0 Å². The second-order valence-corrected chi connectivity index (χ2v) is 5.10. The van der Waals surface area contributed by atoms with E-state index in [1.807, 2.05) is 12.1 Å². The van der Waals surface area contributed by atoms with E-state index in [9.17, 15) is 9.59 Å². The van der Waals surface area contributed by atoms with E-state index in [1.54, 1.807) is 19.3 Å². The number of hydrogen-bond donors (Lipinski definition) is 3. The van der Waals surface area contributed by atoms with E-state index in [1.165, 1.54) is 10.9 Å². The van der Waals surface area contributed by atoms with Gasteiger partial charge in [0.2, 0.25) is 5.91 Å². The Morgan fingerprint density at radius 1 is 1.41 bits per heavy atom. The number of nitrogens with one attached hydrogen (secondary N) is 3. The first-order chi connectivity index (χ1) is 10.7. The van der Waals surface area contributed by atoms with E-state index in [4.69, 9.17) is 0 Å². The van der Waals surface area contributed by atoms with Crippen LogP contribution in [0.2, 0.25) is 0 Å². The summed E-state index contributed by atoms with van der Waals surface area (Å²) in [6.45, 7) is 1.03. The minimum Gasteiger partial charge on any atom is -0.384 e. The van der Waals surface area contributed by atoms with Crippen LogP contribution in [0, 0.1) is 0 Å². The lowest BCUT2D eigenvalue weighted by atomic mass is 10.1. The van der Waals surface area contributed by atoms with Crippen molar-refractivity contribution in [1.29, 1.82) is 0 Å². The van der Waals surface area contributed by atoms with Crippen molar-refractivity contribution in [3.8, 4) is 0 Å². The highest BCUT2D eigenvalue weighted by Crippen LogP contribution is 2.23. The lowest BCUT2D eigenvalue weighted by Gasteiger charge is -2.05. The van der Waals surface area contributed by atoms with Gasteiger partial charge in [0.15, 0.2) is 0 Å². The van der Waals surface area contributed by atoms with Gasteiger partial charge in [0.25, 0.3) is 5.91 Å². The second kappa shape index (κ2) is 5.88. The molecule has 1 aromatic carbocycles. The van der Waals surface area contributed by atoms with Gasteiger partial charge in [0.1, 0.15) is 6.54 Å². The van der Waals surface area contributed by atoms with Crippen molar-refractivity contribution in [1.82, 2.24) is 15.1 Å². The minimum absolute atomic E-state index is 0.122. The molecule has 1 aromatic heterocycles. The molecule has 2 amide bonds. The fourth-order valence-electron chi connectivity index (χ4n) is 2.39. The lowest BCUT2D eigenvalue weighted by Crippen LogP contribution is -2.23. The largest absolute Gasteiger partial charge is 0.384 e. The number of aromatic nitrogens is 2. The molecule has 1 aliphatic heterocycles. The van der Waals surface area contributed by atoms with Crippen LogP contribution >= 0.6 is 0 Å². The topological polar surface area (TPSA) is 88.0 Å². The molecule has 7 nitrogen and oxygen atoms in total. The lowest BCUT2D eigenvalue weighted by molar-refractivity contribution is -0.121. The van der Waals surface area contributed by atoms with Gasteiger partial charge < -0.3 is 16.0 Å². The summed E-state index contributed by atoms with van der Waals surface area (Å²) in [5.41, 5.74) is 3.42. The summed E-state index contributed by atoms with van der Waals surface area (Å²) in [6.07, 6.45) is 4.08. The van der Waals surface area contributed by atoms with E-state index in [0.29, 0.717) is 11.3 Å². The number of benzene rings is 1. The summed E-state index contributed by atoms with van der Waals surface area (Å²) < 4.78 is 1.47. The monoisotopic (exact) mass is 299 g/mol. The Labute approximate surface area is 127 Å². The zero-order chi connectivity index (χ0) is 15.5. The maximum absolute atomic E-state index is 12.3. The predicted octanol–water partition coefficient (Wildman–Crippen LogP) is 0.849. The Balaban J connectivity index is 1.68. The molecule has 0 bridgehead atoms. The minimum atomic E-state index is -0.186. The van der Waals surface area contributed by atoms with Crippen molar-refractivity contribution in [2.45, 2.75) is 13.0 Å². The van der Waals surface area contributed by atoms with Gasteiger partial charge in [-0.1, -0.05) is 0 Å². The number of carbonyl (C=O) groups is 2. The Bertz CT molecular complexity index is 722. The molecule has 0 fully saturated rings. The summed E-state index contributed by atoms with van der Waals surface area (Å²) >= 11 is 0. The van der Waals surface area contributed by atoms with Crippen LogP contribution < -0.4 is 16.0 Å². The molecule has 3 N–H and O–H groups in total. The van der Waals surface area contributed by atoms with Crippen LogP contribution in [0.4, 0.5) is 11.4 Å². The van der Waals surface area contributed by atoms with Gasteiger partial charge in [0, 0.05) is 31.0 Å². The zero-order valence-electron chi connectivity index (χ0n) is 12.2. The summed E-state index contributed by atoms with van der Waals surface area (Å²) in [4.78, 5) is 23.5. The van der Waals surface area contributed by atoms with Crippen molar-refractivity contribution in [2.75, 3.05) is 24.2 Å².